The second-order valence-electron chi connectivity index (χ2n) is 2.85. The number of rotatable bonds is 6. The van der Waals surface area contributed by atoms with E-state index in [0.29, 0.717) is 13.2 Å². The van der Waals surface area contributed by atoms with Gasteiger partial charge in [-0.2, -0.15) is 0 Å². The second kappa shape index (κ2) is 5.52. The summed E-state index contributed by atoms with van der Waals surface area (Å²) in [5.41, 5.74) is 0. The molecule has 0 aromatic rings. The van der Waals surface area contributed by atoms with E-state index in [2.05, 4.69) is 0 Å². The highest BCUT2D eigenvalue weighted by Crippen LogP contribution is 2.02. The van der Waals surface area contributed by atoms with E-state index in [9.17, 15) is 0 Å². The van der Waals surface area contributed by atoms with Crippen LogP contribution in [-0.4, -0.2) is 30.7 Å². The predicted molar refractivity (Wildman–Crippen MR) is 43.4 cm³/mol. The van der Waals surface area contributed by atoms with E-state index in [1.54, 1.807) is 13.8 Å². The first-order chi connectivity index (χ1) is 5.06. The van der Waals surface area contributed by atoms with Gasteiger partial charge in [-0.3, -0.25) is 0 Å². The molecule has 0 aliphatic rings. The molecule has 0 atom stereocenters. The van der Waals surface area contributed by atoms with Crippen molar-refractivity contribution >= 4 is 0 Å². The van der Waals surface area contributed by atoms with Crippen LogP contribution in [0.15, 0.2) is 0 Å². The van der Waals surface area contributed by atoms with Gasteiger partial charge >= 0.3 is 0 Å². The minimum Gasteiger partial charge on any atom is -0.382 e. The molecule has 0 unspecified atom stereocenters. The summed E-state index contributed by atoms with van der Waals surface area (Å²) in [7, 11) is 0. The maximum absolute atomic E-state index is 9.11. The van der Waals surface area contributed by atoms with Crippen molar-refractivity contribution in [1.82, 2.24) is 0 Å². The smallest absolute Gasteiger partial charge is 0.159 e. The summed E-state index contributed by atoms with van der Waals surface area (Å²) in [5, 5.41) is 9.11. The topological polar surface area (TPSA) is 38.7 Å². The summed E-state index contributed by atoms with van der Waals surface area (Å²) in [6, 6.07) is 0. The summed E-state index contributed by atoms with van der Waals surface area (Å²) in [5.74, 6) is -1.01. The minimum absolute atomic E-state index is 0.545. The Bertz CT molecular complexity index is 85.8. The van der Waals surface area contributed by atoms with Gasteiger partial charge in [0.15, 0.2) is 5.79 Å². The molecule has 1 N–H and O–H groups in total. The van der Waals surface area contributed by atoms with Gasteiger partial charge in [0.1, 0.15) is 0 Å². The van der Waals surface area contributed by atoms with E-state index >= 15 is 0 Å². The average molecular weight is 162 g/mol. The summed E-state index contributed by atoms with van der Waals surface area (Å²) in [6.07, 6.45) is 0.831. The Kier molecular flexibility index (Phi) is 5.46. The molecule has 3 heteroatoms. The van der Waals surface area contributed by atoms with Crippen molar-refractivity contribution in [1.29, 1.82) is 0 Å². The Balaban J connectivity index is 3.02. The van der Waals surface area contributed by atoms with Gasteiger partial charge in [-0.05, 0) is 27.2 Å². The van der Waals surface area contributed by atoms with Gasteiger partial charge in [-0.15, -0.1) is 0 Å². The quantitative estimate of drug-likeness (QED) is 0.470. The fourth-order valence-electron chi connectivity index (χ4n) is 0.627. The first-order valence-corrected chi connectivity index (χ1v) is 4.00. The Morgan fingerprint density at radius 3 is 2.36 bits per heavy atom. The Hall–Kier alpha value is -0.120. The molecule has 0 saturated heterocycles. The highest BCUT2D eigenvalue weighted by atomic mass is 16.6. The van der Waals surface area contributed by atoms with Crippen LogP contribution < -0.4 is 0 Å². The van der Waals surface area contributed by atoms with Crippen LogP contribution in [0.1, 0.15) is 27.2 Å². The first-order valence-electron chi connectivity index (χ1n) is 4.00. The van der Waals surface area contributed by atoms with E-state index in [4.69, 9.17) is 14.6 Å². The van der Waals surface area contributed by atoms with Crippen LogP contribution in [0.25, 0.3) is 0 Å². The maximum Gasteiger partial charge on any atom is 0.159 e. The Morgan fingerprint density at radius 1 is 1.27 bits per heavy atom. The van der Waals surface area contributed by atoms with Crippen LogP contribution in [0.4, 0.5) is 0 Å². The molecule has 0 aliphatic carbocycles. The van der Waals surface area contributed by atoms with Gasteiger partial charge in [-0.1, -0.05) is 0 Å². The van der Waals surface area contributed by atoms with Gasteiger partial charge in [0.25, 0.3) is 0 Å². The first kappa shape index (κ1) is 10.9. The van der Waals surface area contributed by atoms with Crippen molar-refractivity contribution in [3.05, 3.63) is 0 Å². The van der Waals surface area contributed by atoms with Crippen LogP contribution in [0, 0.1) is 0 Å². The van der Waals surface area contributed by atoms with Gasteiger partial charge in [0.2, 0.25) is 0 Å². The van der Waals surface area contributed by atoms with Crippen LogP contribution in [0.3, 0.4) is 0 Å². The normalized spacial score (nSPS) is 12.0. The molecule has 0 spiro atoms. The Morgan fingerprint density at radius 2 is 1.91 bits per heavy atom. The minimum atomic E-state index is -1.01. The van der Waals surface area contributed by atoms with Gasteiger partial charge in [0.05, 0.1) is 6.61 Å². The summed E-state index contributed by atoms with van der Waals surface area (Å²) in [4.78, 5) is 0. The maximum atomic E-state index is 9.11. The SMILES string of the molecule is CCOCCCOC(C)(C)O. The van der Waals surface area contributed by atoms with Crippen molar-refractivity contribution in [2.45, 2.75) is 33.0 Å². The third-order valence-electron chi connectivity index (χ3n) is 1.09. The fraction of sp³-hybridized carbons (Fsp3) is 1.00. The molecule has 0 radical (unpaired) electrons. The monoisotopic (exact) mass is 162 g/mol. The lowest BCUT2D eigenvalue weighted by Gasteiger charge is -2.17. The van der Waals surface area contributed by atoms with E-state index < -0.39 is 5.79 Å². The molecular formula is C8H18O3. The number of hydrogen-bond acceptors (Lipinski definition) is 3. The molecule has 0 rings (SSSR count). The summed E-state index contributed by atoms with van der Waals surface area (Å²) in [6.45, 7) is 7.18. The molecule has 0 aromatic carbocycles. The van der Waals surface area contributed by atoms with Crippen molar-refractivity contribution < 1.29 is 14.6 Å². The third kappa shape index (κ3) is 9.88. The zero-order valence-electron chi connectivity index (χ0n) is 7.59. The third-order valence-corrected chi connectivity index (χ3v) is 1.09. The van der Waals surface area contributed by atoms with Gasteiger partial charge < -0.3 is 14.6 Å². The summed E-state index contributed by atoms with van der Waals surface area (Å²) >= 11 is 0. The lowest BCUT2D eigenvalue weighted by atomic mass is 10.4. The van der Waals surface area contributed by atoms with Crippen molar-refractivity contribution in [3.8, 4) is 0 Å². The van der Waals surface area contributed by atoms with Crippen LogP contribution in [0.2, 0.25) is 0 Å². The molecule has 3 nitrogen and oxygen atoms in total. The zero-order valence-corrected chi connectivity index (χ0v) is 7.59. The van der Waals surface area contributed by atoms with Crippen molar-refractivity contribution in [3.63, 3.8) is 0 Å². The largest absolute Gasteiger partial charge is 0.382 e. The fourth-order valence-corrected chi connectivity index (χ4v) is 0.627. The van der Waals surface area contributed by atoms with Crippen molar-refractivity contribution in [2.24, 2.45) is 0 Å². The zero-order chi connectivity index (χ0) is 8.74. The van der Waals surface area contributed by atoms with Crippen LogP contribution >= 0.6 is 0 Å². The standard InChI is InChI=1S/C8H18O3/c1-4-10-6-5-7-11-8(2,3)9/h9H,4-7H2,1-3H3. The van der Waals surface area contributed by atoms with E-state index in [1.807, 2.05) is 6.92 Å². The Labute approximate surface area is 68.3 Å². The number of hydrogen-bond donors (Lipinski definition) is 1. The molecule has 0 aliphatic heterocycles. The van der Waals surface area contributed by atoms with Crippen LogP contribution in [0.5, 0.6) is 0 Å². The predicted octanol–water partition coefficient (Wildman–Crippen LogP) is 1.16. The number of aliphatic hydroxyl groups is 1. The molecule has 11 heavy (non-hydrogen) atoms. The molecule has 0 heterocycles. The van der Waals surface area contributed by atoms with Gasteiger partial charge in [-0.25, -0.2) is 0 Å². The van der Waals surface area contributed by atoms with Gasteiger partial charge in [0, 0.05) is 13.2 Å². The molecule has 68 valence electrons. The average Bonchev–Trinajstić information content (AvgIpc) is 1.85. The molecular weight excluding hydrogens is 144 g/mol. The lowest BCUT2D eigenvalue weighted by Crippen LogP contribution is -2.24. The van der Waals surface area contributed by atoms with Crippen LogP contribution in [-0.2, 0) is 9.47 Å². The highest BCUT2D eigenvalue weighted by molar-refractivity contribution is 4.47. The molecule has 0 fully saturated rings. The van der Waals surface area contributed by atoms with Crippen molar-refractivity contribution in [2.75, 3.05) is 19.8 Å². The van der Waals surface area contributed by atoms with E-state index in [-0.39, 0.29) is 0 Å². The highest BCUT2D eigenvalue weighted by Gasteiger charge is 2.10. The molecule has 0 bridgehead atoms. The van der Waals surface area contributed by atoms with E-state index in [1.165, 1.54) is 0 Å². The molecule has 0 saturated carbocycles. The molecule has 0 aromatic heterocycles. The number of ether oxygens (including phenoxy) is 2. The molecule has 0 amide bonds. The summed E-state index contributed by atoms with van der Waals surface area (Å²) < 4.78 is 10.1. The second-order valence-corrected chi connectivity index (χ2v) is 2.85. The van der Waals surface area contributed by atoms with E-state index in [0.717, 1.165) is 13.0 Å². The lowest BCUT2D eigenvalue weighted by molar-refractivity contribution is -0.177.